The largest absolute Gasteiger partial charge is 0.490 e. The molecule has 4 aromatic rings. The van der Waals surface area contributed by atoms with E-state index in [0.717, 1.165) is 32.4 Å². The molecule has 1 aliphatic rings. The molecule has 5 rings (SSSR count). The number of barbiturate groups is 1. The van der Waals surface area contributed by atoms with Gasteiger partial charge >= 0.3 is 6.03 Å². The van der Waals surface area contributed by atoms with Crippen molar-refractivity contribution >= 4 is 40.4 Å². The van der Waals surface area contributed by atoms with E-state index >= 15 is 0 Å². The summed E-state index contributed by atoms with van der Waals surface area (Å²) < 4.78 is 12.0. The van der Waals surface area contributed by atoms with Gasteiger partial charge in [0, 0.05) is 0 Å². The third-order valence-corrected chi connectivity index (χ3v) is 6.55. The lowest BCUT2D eigenvalue weighted by atomic mass is 10.0. The summed E-state index contributed by atoms with van der Waals surface area (Å²) in [6, 6.07) is 24.1. The van der Waals surface area contributed by atoms with Gasteiger partial charge in [0.1, 0.15) is 12.2 Å². The maximum absolute atomic E-state index is 13.4. The molecule has 7 heteroatoms. The summed E-state index contributed by atoms with van der Waals surface area (Å²) in [4.78, 5) is 39.7. The zero-order chi connectivity index (χ0) is 27.5. The van der Waals surface area contributed by atoms with Crippen molar-refractivity contribution in [1.82, 2.24) is 5.32 Å². The molecule has 0 bridgehead atoms. The van der Waals surface area contributed by atoms with Gasteiger partial charge in [0.05, 0.1) is 12.3 Å². The van der Waals surface area contributed by atoms with E-state index in [9.17, 15) is 14.4 Å². The number of rotatable bonds is 7. The van der Waals surface area contributed by atoms with Gasteiger partial charge in [0.2, 0.25) is 0 Å². The molecule has 39 heavy (non-hydrogen) atoms. The highest BCUT2D eigenvalue weighted by molar-refractivity contribution is 6.39. The van der Waals surface area contributed by atoms with Gasteiger partial charge in [-0.3, -0.25) is 14.9 Å². The Morgan fingerprint density at radius 1 is 0.846 bits per heavy atom. The Hall–Kier alpha value is -4.91. The molecule has 1 fully saturated rings. The number of hydrogen-bond acceptors (Lipinski definition) is 5. The molecule has 7 nitrogen and oxygen atoms in total. The second-order valence-corrected chi connectivity index (χ2v) is 9.31. The van der Waals surface area contributed by atoms with Crippen molar-refractivity contribution in [1.29, 1.82) is 0 Å². The minimum atomic E-state index is -0.775. The molecule has 4 amide bonds. The fourth-order valence-electron chi connectivity index (χ4n) is 4.58. The standard InChI is InChI=1S/C32H28N2O5/c1-4-38-29-18-22(14-15-28(29)39-19-24-10-7-9-23-8-5-6-11-25(23)24)17-26-30(35)33-32(37)34(31(26)36)27-16-20(2)12-13-21(27)3/h5-18H,4,19H2,1-3H3,(H,33,35,37)/b26-17+. The molecule has 0 aliphatic carbocycles. The van der Waals surface area contributed by atoms with Gasteiger partial charge in [-0.25, -0.2) is 9.69 Å². The summed E-state index contributed by atoms with van der Waals surface area (Å²) in [6.07, 6.45) is 1.46. The number of ether oxygens (including phenoxy) is 2. The van der Waals surface area contributed by atoms with Gasteiger partial charge in [0.15, 0.2) is 11.5 Å². The van der Waals surface area contributed by atoms with E-state index in [1.165, 1.54) is 6.08 Å². The zero-order valence-electron chi connectivity index (χ0n) is 22.0. The van der Waals surface area contributed by atoms with E-state index in [0.29, 0.717) is 36.0 Å². The van der Waals surface area contributed by atoms with E-state index in [1.807, 2.05) is 50.2 Å². The smallest absolute Gasteiger partial charge is 0.335 e. The van der Waals surface area contributed by atoms with Gasteiger partial charge in [-0.05, 0) is 78.1 Å². The molecule has 1 aliphatic heterocycles. The van der Waals surface area contributed by atoms with E-state index in [-0.39, 0.29) is 5.57 Å². The lowest BCUT2D eigenvalue weighted by Gasteiger charge is -2.27. The third kappa shape index (κ3) is 5.25. The molecule has 1 N–H and O–H groups in total. The van der Waals surface area contributed by atoms with Crippen LogP contribution in [0.3, 0.4) is 0 Å². The van der Waals surface area contributed by atoms with Crippen LogP contribution in [-0.2, 0) is 16.2 Å². The predicted molar refractivity (Wildman–Crippen MR) is 151 cm³/mol. The van der Waals surface area contributed by atoms with Gasteiger partial charge in [-0.1, -0.05) is 60.7 Å². The van der Waals surface area contributed by atoms with Gasteiger partial charge in [-0.15, -0.1) is 0 Å². The van der Waals surface area contributed by atoms with Crippen molar-refractivity contribution in [3.05, 3.63) is 107 Å². The average molecular weight is 521 g/mol. The van der Waals surface area contributed by atoms with Crippen molar-refractivity contribution < 1.29 is 23.9 Å². The first-order valence-electron chi connectivity index (χ1n) is 12.7. The van der Waals surface area contributed by atoms with E-state index in [1.54, 1.807) is 31.2 Å². The van der Waals surface area contributed by atoms with Crippen LogP contribution in [0, 0.1) is 13.8 Å². The molecule has 0 spiro atoms. The number of imide groups is 2. The van der Waals surface area contributed by atoms with Crippen LogP contribution in [-0.4, -0.2) is 24.5 Å². The van der Waals surface area contributed by atoms with Crippen molar-refractivity contribution in [3.63, 3.8) is 0 Å². The van der Waals surface area contributed by atoms with Crippen LogP contribution in [0.2, 0.25) is 0 Å². The summed E-state index contributed by atoms with van der Waals surface area (Å²) >= 11 is 0. The Kier molecular flexibility index (Phi) is 7.14. The van der Waals surface area contributed by atoms with Crippen molar-refractivity contribution in [2.24, 2.45) is 0 Å². The normalized spacial score (nSPS) is 14.6. The first-order chi connectivity index (χ1) is 18.9. The predicted octanol–water partition coefficient (Wildman–Crippen LogP) is 6.10. The molecule has 1 saturated heterocycles. The Morgan fingerprint density at radius 3 is 2.46 bits per heavy atom. The summed E-state index contributed by atoms with van der Waals surface area (Å²) in [7, 11) is 0. The molecule has 196 valence electrons. The molecule has 0 saturated carbocycles. The molecule has 0 radical (unpaired) electrons. The Balaban J connectivity index is 1.44. The first-order valence-corrected chi connectivity index (χ1v) is 12.7. The maximum atomic E-state index is 13.4. The van der Waals surface area contributed by atoms with E-state index in [2.05, 4.69) is 23.5 Å². The highest BCUT2D eigenvalue weighted by atomic mass is 16.5. The van der Waals surface area contributed by atoms with Crippen LogP contribution in [0.5, 0.6) is 11.5 Å². The fraction of sp³-hybridized carbons (Fsp3) is 0.156. The number of anilines is 1. The van der Waals surface area contributed by atoms with E-state index < -0.39 is 17.8 Å². The molecule has 1 heterocycles. The zero-order valence-corrected chi connectivity index (χ0v) is 22.0. The molecule has 0 unspecified atom stereocenters. The number of urea groups is 1. The topological polar surface area (TPSA) is 84.9 Å². The molecular weight excluding hydrogens is 492 g/mol. The number of nitrogens with zero attached hydrogens (tertiary/aromatic N) is 1. The third-order valence-electron chi connectivity index (χ3n) is 6.55. The molecule has 0 aromatic heterocycles. The number of fused-ring (bicyclic) bond motifs is 1. The summed E-state index contributed by atoms with van der Waals surface area (Å²) in [5.74, 6) is -0.413. The number of benzene rings is 4. The molecule has 4 aromatic carbocycles. The number of carbonyl (C=O) groups is 3. The number of amides is 4. The van der Waals surface area contributed by atoms with Crippen LogP contribution >= 0.6 is 0 Å². The lowest BCUT2D eigenvalue weighted by Crippen LogP contribution is -2.54. The highest BCUT2D eigenvalue weighted by Crippen LogP contribution is 2.32. The van der Waals surface area contributed by atoms with Crippen molar-refractivity contribution in [3.8, 4) is 11.5 Å². The number of nitrogens with one attached hydrogen (secondary N) is 1. The SMILES string of the molecule is CCOc1cc(/C=C2\C(=O)NC(=O)N(c3cc(C)ccc3C)C2=O)ccc1OCc1cccc2ccccc12. The summed E-state index contributed by atoms with van der Waals surface area (Å²) in [5.41, 5.74) is 3.51. The molecular formula is C32H28N2O5. The second-order valence-electron chi connectivity index (χ2n) is 9.31. The maximum Gasteiger partial charge on any atom is 0.335 e. The summed E-state index contributed by atoms with van der Waals surface area (Å²) in [6.45, 7) is 6.29. The Morgan fingerprint density at radius 2 is 1.64 bits per heavy atom. The summed E-state index contributed by atoms with van der Waals surface area (Å²) in [5, 5.41) is 4.53. The van der Waals surface area contributed by atoms with Crippen LogP contribution in [0.4, 0.5) is 10.5 Å². The average Bonchev–Trinajstić information content (AvgIpc) is 2.92. The van der Waals surface area contributed by atoms with Gasteiger partial charge in [-0.2, -0.15) is 0 Å². The Labute approximate surface area is 226 Å². The van der Waals surface area contributed by atoms with Crippen LogP contribution in [0.15, 0.2) is 84.4 Å². The van der Waals surface area contributed by atoms with Crippen LogP contribution < -0.4 is 19.7 Å². The number of aryl methyl sites for hydroxylation is 2. The first kappa shape index (κ1) is 25.7. The van der Waals surface area contributed by atoms with E-state index in [4.69, 9.17) is 9.47 Å². The highest BCUT2D eigenvalue weighted by Gasteiger charge is 2.37. The van der Waals surface area contributed by atoms with Crippen molar-refractivity contribution in [2.45, 2.75) is 27.4 Å². The van der Waals surface area contributed by atoms with Crippen LogP contribution in [0.1, 0.15) is 29.2 Å². The van der Waals surface area contributed by atoms with Crippen LogP contribution in [0.25, 0.3) is 16.8 Å². The lowest BCUT2D eigenvalue weighted by molar-refractivity contribution is -0.122. The number of carbonyl (C=O) groups excluding carboxylic acids is 3. The minimum absolute atomic E-state index is 0.151. The minimum Gasteiger partial charge on any atom is -0.490 e. The fourth-order valence-corrected chi connectivity index (χ4v) is 4.58. The Bertz CT molecular complexity index is 1630. The second kappa shape index (κ2) is 10.8. The van der Waals surface area contributed by atoms with Crippen molar-refractivity contribution in [2.75, 3.05) is 11.5 Å². The quantitative estimate of drug-likeness (QED) is 0.235. The monoisotopic (exact) mass is 520 g/mol. The van der Waals surface area contributed by atoms with Gasteiger partial charge in [0.25, 0.3) is 11.8 Å². The number of hydrogen-bond donors (Lipinski definition) is 1. The molecule has 0 atom stereocenters. The van der Waals surface area contributed by atoms with Gasteiger partial charge < -0.3 is 9.47 Å².